The van der Waals surface area contributed by atoms with Crippen LogP contribution in [-0.4, -0.2) is 32.9 Å². The van der Waals surface area contributed by atoms with E-state index in [1.807, 2.05) is 35.4 Å². The van der Waals surface area contributed by atoms with Gasteiger partial charge in [-0.05, 0) is 55.3 Å². The molecular weight excluding hydrogens is 430 g/mol. The number of aromatic nitrogens is 1. The minimum absolute atomic E-state index is 0.0299. The summed E-state index contributed by atoms with van der Waals surface area (Å²) in [6, 6.07) is 12.4. The number of hydrogen-bond acceptors (Lipinski definition) is 3. The van der Waals surface area contributed by atoms with Crippen molar-refractivity contribution in [3.8, 4) is 0 Å². The molecule has 174 valence electrons. The number of amides is 2. The lowest BCUT2D eigenvalue weighted by atomic mass is 9.91. The van der Waals surface area contributed by atoms with Crippen LogP contribution in [0, 0.1) is 6.92 Å². The van der Waals surface area contributed by atoms with Crippen molar-refractivity contribution in [2.45, 2.75) is 83.5 Å². The predicted molar refractivity (Wildman–Crippen MR) is 134 cm³/mol. The van der Waals surface area contributed by atoms with E-state index < -0.39 is 5.54 Å². The molecular formula is C27H33N3O2S. The van der Waals surface area contributed by atoms with Gasteiger partial charge >= 0.3 is 0 Å². The Balaban J connectivity index is 1.50. The predicted octanol–water partition coefficient (Wildman–Crippen LogP) is 5.66. The SMILES string of the molecule is Cc1ccccc1CN1C(=O)c2cc3sccc3n2C[C@@]1(C)C(=O)NC1CCCCCCC1. The molecule has 1 atom stereocenters. The number of hydrogen-bond donors (Lipinski definition) is 1. The molecule has 1 aliphatic heterocycles. The molecule has 6 heteroatoms. The molecule has 0 radical (unpaired) electrons. The van der Waals surface area contributed by atoms with Gasteiger partial charge in [0.1, 0.15) is 11.2 Å². The van der Waals surface area contributed by atoms with Crippen LogP contribution in [0.25, 0.3) is 10.2 Å². The summed E-state index contributed by atoms with van der Waals surface area (Å²) < 4.78 is 3.15. The van der Waals surface area contributed by atoms with E-state index in [1.54, 1.807) is 11.3 Å². The maximum atomic E-state index is 13.9. The van der Waals surface area contributed by atoms with E-state index in [1.165, 1.54) is 19.3 Å². The molecule has 0 saturated heterocycles. The van der Waals surface area contributed by atoms with Gasteiger partial charge in [-0.25, -0.2) is 0 Å². The Labute approximate surface area is 199 Å². The van der Waals surface area contributed by atoms with Crippen LogP contribution in [0.1, 0.15) is 73.5 Å². The Kier molecular flexibility index (Phi) is 6.04. The maximum Gasteiger partial charge on any atom is 0.271 e. The van der Waals surface area contributed by atoms with Crippen molar-refractivity contribution in [1.29, 1.82) is 0 Å². The highest BCUT2D eigenvalue weighted by molar-refractivity contribution is 7.17. The fraction of sp³-hybridized carbons (Fsp3) is 0.481. The number of nitrogens with zero attached hydrogens (tertiary/aromatic N) is 2. The monoisotopic (exact) mass is 463 g/mol. The van der Waals surface area contributed by atoms with Crippen molar-refractivity contribution in [2.75, 3.05) is 0 Å². The fourth-order valence-corrected chi connectivity index (χ4v) is 6.24. The summed E-state index contributed by atoms with van der Waals surface area (Å²) in [4.78, 5) is 29.6. The van der Waals surface area contributed by atoms with Gasteiger partial charge in [-0.1, -0.05) is 56.4 Å². The Hall–Kier alpha value is -2.60. The molecule has 2 amide bonds. The lowest BCUT2D eigenvalue weighted by Gasteiger charge is -2.45. The maximum absolute atomic E-state index is 13.9. The fourth-order valence-electron chi connectivity index (χ4n) is 5.42. The summed E-state index contributed by atoms with van der Waals surface area (Å²) in [6.07, 6.45) is 8.14. The van der Waals surface area contributed by atoms with Gasteiger partial charge < -0.3 is 14.8 Å². The molecule has 3 aromatic rings. The first-order valence-electron chi connectivity index (χ1n) is 12.2. The summed E-state index contributed by atoms with van der Waals surface area (Å²) in [7, 11) is 0. The minimum atomic E-state index is -0.956. The molecule has 3 heterocycles. The molecule has 1 fully saturated rings. The van der Waals surface area contributed by atoms with Crippen molar-refractivity contribution >= 4 is 33.4 Å². The number of thiophene rings is 1. The Morgan fingerprint density at radius 2 is 1.85 bits per heavy atom. The van der Waals surface area contributed by atoms with E-state index in [0.29, 0.717) is 18.8 Å². The normalized spacial score (nSPS) is 22.1. The lowest BCUT2D eigenvalue weighted by Crippen LogP contribution is -2.64. The molecule has 1 aliphatic carbocycles. The summed E-state index contributed by atoms with van der Waals surface area (Å²) >= 11 is 1.64. The van der Waals surface area contributed by atoms with E-state index >= 15 is 0 Å². The number of nitrogens with one attached hydrogen (secondary N) is 1. The number of carbonyl (C=O) groups excluding carboxylic acids is 2. The van der Waals surface area contributed by atoms with Crippen molar-refractivity contribution in [3.05, 3.63) is 58.6 Å². The van der Waals surface area contributed by atoms with Crippen LogP contribution < -0.4 is 5.32 Å². The Morgan fingerprint density at radius 1 is 1.12 bits per heavy atom. The molecule has 2 aliphatic rings. The van der Waals surface area contributed by atoms with Crippen LogP contribution in [0.2, 0.25) is 0 Å². The third kappa shape index (κ3) is 4.10. The standard InChI is InChI=1S/C27H33N3O2S/c1-19-10-8-9-11-20(19)17-30-25(31)23-16-24-22(14-15-33-24)29(23)18-27(30,2)26(32)28-21-12-6-4-3-5-7-13-21/h8-11,14-16,21H,3-7,12-13,17-18H2,1-2H3,(H,28,32)/t27-/m0/s1. The molecule has 1 aromatic carbocycles. The summed E-state index contributed by atoms with van der Waals surface area (Å²) in [6.45, 7) is 4.91. The third-order valence-corrected chi connectivity index (χ3v) is 8.42. The first-order chi connectivity index (χ1) is 16.0. The van der Waals surface area contributed by atoms with Crippen LogP contribution >= 0.6 is 11.3 Å². The first kappa shape index (κ1) is 22.2. The van der Waals surface area contributed by atoms with E-state index in [2.05, 4.69) is 35.0 Å². The average Bonchev–Trinajstić information content (AvgIpc) is 3.36. The molecule has 5 nitrogen and oxygen atoms in total. The Bertz CT molecular complexity index is 1170. The van der Waals surface area contributed by atoms with Gasteiger partial charge in [0, 0.05) is 12.6 Å². The third-order valence-electron chi connectivity index (χ3n) is 7.57. The second kappa shape index (κ2) is 8.98. The van der Waals surface area contributed by atoms with Gasteiger partial charge in [-0.15, -0.1) is 11.3 Å². The van der Waals surface area contributed by atoms with Crippen LogP contribution in [-0.2, 0) is 17.9 Å². The zero-order valence-electron chi connectivity index (χ0n) is 19.6. The molecule has 33 heavy (non-hydrogen) atoms. The zero-order valence-corrected chi connectivity index (χ0v) is 20.4. The van der Waals surface area contributed by atoms with Crippen LogP contribution in [0.5, 0.6) is 0 Å². The van der Waals surface area contributed by atoms with Gasteiger partial charge in [0.15, 0.2) is 0 Å². The highest BCUT2D eigenvalue weighted by Crippen LogP contribution is 2.35. The topological polar surface area (TPSA) is 54.3 Å². The molecule has 1 N–H and O–H groups in total. The van der Waals surface area contributed by atoms with E-state index in [4.69, 9.17) is 0 Å². The van der Waals surface area contributed by atoms with Crippen molar-refractivity contribution in [2.24, 2.45) is 0 Å². The number of rotatable bonds is 4. The van der Waals surface area contributed by atoms with Crippen molar-refractivity contribution in [3.63, 3.8) is 0 Å². The van der Waals surface area contributed by atoms with Crippen LogP contribution in [0.15, 0.2) is 41.8 Å². The first-order valence-corrected chi connectivity index (χ1v) is 13.1. The van der Waals surface area contributed by atoms with Gasteiger partial charge in [0.2, 0.25) is 5.91 Å². The zero-order chi connectivity index (χ0) is 23.0. The summed E-state index contributed by atoms with van der Waals surface area (Å²) in [5.74, 6) is -0.0963. The molecule has 5 rings (SSSR count). The highest BCUT2D eigenvalue weighted by Gasteiger charge is 2.48. The molecule has 1 saturated carbocycles. The second-order valence-electron chi connectivity index (χ2n) is 9.89. The van der Waals surface area contributed by atoms with Crippen molar-refractivity contribution < 1.29 is 9.59 Å². The van der Waals surface area contributed by atoms with E-state index in [-0.39, 0.29) is 17.9 Å². The molecule has 0 unspecified atom stereocenters. The van der Waals surface area contributed by atoms with Gasteiger partial charge in [-0.2, -0.15) is 0 Å². The largest absolute Gasteiger partial charge is 0.351 e. The van der Waals surface area contributed by atoms with Crippen LogP contribution in [0.3, 0.4) is 0 Å². The summed E-state index contributed by atoms with van der Waals surface area (Å²) in [5.41, 5.74) is 2.99. The number of carbonyl (C=O) groups is 2. The molecule has 0 spiro atoms. The molecule has 0 bridgehead atoms. The van der Waals surface area contributed by atoms with Gasteiger partial charge in [0.05, 0.1) is 16.8 Å². The Morgan fingerprint density at radius 3 is 2.61 bits per heavy atom. The number of aryl methyl sites for hydroxylation is 1. The van der Waals surface area contributed by atoms with E-state index in [0.717, 1.165) is 47.0 Å². The quantitative estimate of drug-likeness (QED) is 0.543. The van der Waals surface area contributed by atoms with Gasteiger partial charge in [0.25, 0.3) is 5.91 Å². The summed E-state index contributed by atoms with van der Waals surface area (Å²) in [5, 5.41) is 5.42. The second-order valence-corrected chi connectivity index (χ2v) is 10.8. The number of benzene rings is 1. The average molecular weight is 464 g/mol. The van der Waals surface area contributed by atoms with E-state index in [9.17, 15) is 9.59 Å². The highest BCUT2D eigenvalue weighted by atomic mass is 32.1. The smallest absolute Gasteiger partial charge is 0.271 e. The van der Waals surface area contributed by atoms with Crippen LogP contribution in [0.4, 0.5) is 0 Å². The van der Waals surface area contributed by atoms with Gasteiger partial charge in [-0.3, -0.25) is 9.59 Å². The lowest BCUT2D eigenvalue weighted by molar-refractivity contribution is -0.134. The minimum Gasteiger partial charge on any atom is -0.351 e. The van der Waals surface area contributed by atoms with Crippen molar-refractivity contribution in [1.82, 2.24) is 14.8 Å². The molecule has 2 aromatic heterocycles. The number of fused-ring (bicyclic) bond motifs is 3.